The Morgan fingerprint density at radius 3 is 2.55 bits per heavy atom. The molecule has 7 nitrogen and oxygen atoms in total. The van der Waals surface area contributed by atoms with E-state index in [2.05, 4.69) is 35.0 Å². The smallest absolute Gasteiger partial charge is 0.257 e. The van der Waals surface area contributed by atoms with E-state index in [0.717, 1.165) is 35.6 Å². The van der Waals surface area contributed by atoms with Crippen molar-refractivity contribution in [3.8, 4) is 11.5 Å². The van der Waals surface area contributed by atoms with Gasteiger partial charge in [-0.1, -0.05) is 13.8 Å². The lowest BCUT2D eigenvalue weighted by Gasteiger charge is -2.30. The molecule has 31 heavy (non-hydrogen) atoms. The van der Waals surface area contributed by atoms with E-state index in [1.807, 2.05) is 12.1 Å². The lowest BCUT2D eigenvalue weighted by atomic mass is 9.80. The predicted octanol–water partition coefficient (Wildman–Crippen LogP) is 5.09. The second-order valence-corrected chi connectivity index (χ2v) is 8.60. The van der Waals surface area contributed by atoms with Crippen LogP contribution in [0.15, 0.2) is 36.8 Å². The number of fused-ring (bicyclic) bond motifs is 1. The van der Waals surface area contributed by atoms with Crippen LogP contribution >= 0.6 is 0 Å². The van der Waals surface area contributed by atoms with Gasteiger partial charge in [0.25, 0.3) is 5.91 Å². The van der Waals surface area contributed by atoms with Gasteiger partial charge in [0.05, 0.1) is 43.2 Å². The van der Waals surface area contributed by atoms with Crippen LogP contribution in [0.25, 0.3) is 10.9 Å². The molecule has 0 atom stereocenters. The molecule has 0 radical (unpaired) electrons. The van der Waals surface area contributed by atoms with Crippen molar-refractivity contribution < 1.29 is 14.3 Å². The van der Waals surface area contributed by atoms with E-state index in [9.17, 15) is 4.79 Å². The second-order valence-electron chi connectivity index (χ2n) is 8.60. The largest absolute Gasteiger partial charge is 0.495 e. The SMILES string of the molecule is COc1cncc(C(=O)Nc2cc3cn(C4CCC(C(C)C)CC4)nc3cc2OC)c1. The maximum absolute atomic E-state index is 12.7. The van der Waals surface area contributed by atoms with Crippen LogP contribution in [-0.2, 0) is 0 Å². The molecule has 1 aliphatic carbocycles. The number of aromatic nitrogens is 3. The lowest BCUT2D eigenvalue weighted by molar-refractivity contribution is 0.102. The van der Waals surface area contributed by atoms with E-state index in [-0.39, 0.29) is 5.91 Å². The molecule has 0 aliphatic heterocycles. The molecule has 0 spiro atoms. The van der Waals surface area contributed by atoms with Crippen LogP contribution in [0.1, 0.15) is 55.9 Å². The highest BCUT2D eigenvalue weighted by atomic mass is 16.5. The lowest BCUT2D eigenvalue weighted by Crippen LogP contribution is -2.21. The topological polar surface area (TPSA) is 78.3 Å². The number of hydrogen-bond donors (Lipinski definition) is 1. The Kier molecular flexibility index (Phi) is 6.11. The van der Waals surface area contributed by atoms with Crippen molar-refractivity contribution in [1.29, 1.82) is 0 Å². The van der Waals surface area contributed by atoms with Gasteiger partial charge in [0, 0.05) is 23.8 Å². The zero-order valence-electron chi connectivity index (χ0n) is 18.6. The minimum Gasteiger partial charge on any atom is -0.495 e. The number of anilines is 1. The van der Waals surface area contributed by atoms with Crippen LogP contribution in [0.3, 0.4) is 0 Å². The van der Waals surface area contributed by atoms with Crippen LogP contribution in [0, 0.1) is 11.8 Å². The number of hydrogen-bond acceptors (Lipinski definition) is 5. The minimum absolute atomic E-state index is 0.275. The number of rotatable bonds is 6. The molecule has 1 aromatic carbocycles. The summed E-state index contributed by atoms with van der Waals surface area (Å²) in [5, 5.41) is 8.72. The zero-order valence-corrected chi connectivity index (χ0v) is 18.6. The van der Waals surface area contributed by atoms with Crippen LogP contribution in [0.5, 0.6) is 11.5 Å². The average Bonchev–Trinajstić information content (AvgIpc) is 3.21. The first-order valence-electron chi connectivity index (χ1n) is 10.9. The Morgan fingerprint density at radius 1 is 1.10 bits per heavy atom. The first-order valence-corrected chi connectivity index (χ1v) is 10.9. The number of pyridine rings is 1. The molecular formula is C24H30N4O3. The van der Waals surface area contributed by atoms with Gasteiger partial charge < -0.3 is 14.8 Å². The second kappa shape index (κ2) is 8.96. The molecule has 1 saturated carbocycles. The van der Waals surface area contributed by atoms with Crippen molar-refractivity contribution in [3.05, 3.63) is 42.4 Å². The fourth-order valence-electron chi connectivity index (χ4n) is 4.41. The monoisotopic (exact) mass is 422 g/mol. The van der Waals surface area contributed by atoms with E-state index in [4.69, 9.17) is 14.6 Å². The molecule has 1 fully saturated rings. The highest BCUT2D eigenvalue weighted by molar-refractivity contribution is 6.06. The number of nitrogens with one attached hydrogen (secondary N) is 1. The summed E-state index contributed by atoms with van der Waals surface area (Å²) in [6.45, 7) is 4.63. The van der Waals surface area contributed by atoms with Gasteiger partial charge in [-0.05, 0) is 49.7 Å². The highest BCUT2D eigenvalue weighted by Gasteiger charge is 2.25. The van der Waals surface area contributed by atoms with Gasteiger partial charge >= 0.3 is 0 Å². The normalized spacial score (nSPS) is 18.9. The molecule has 1 amide bonds. The molecule has 3 aromatic rings. The van der Waals surface area contributed by atoms with Gasteiger partial charge in [0.15, 0.2) is 0 Å². The Hall–Kier alpha value is -3.09. The fourth-order valence-corrected chi connectivity index (χ4v) is 4.41. The van der Waals surface area contributed by atoms with Crippen molar-refractivity contribution in [3.63, 3.8) is 0 Å². The Morgan fingerprint density at radius 2 is 1.87 bits per heavy atom. The van der Waals surface area contributed by atoms with Gasteiger partial charge in [-0.2, -0.15) is 5.10 Å². The first kappa shape index (κ1) is 21.2. The quantitative estimate of drug-likeness (QED) is 0.599. The number of nitrogens with zero attached hydrogens (tertiary/aromatic N) is 3. The summed E-state index contributed by atoms with van der Waals surface area (Å²) in [6, 6.07) is 5.88. The van der Waals surface area contributed by atoms with Crippen LogP contribution in [0.4, 0.5) is 5.69 Å². The minimum atomic E-state index is -0.275. The molecule has 0 bridgehead atoms. The summed E-state index contributed by atoms with van der Waals surface area (Å²) in [5.74, 6) is 2.39. The first-order chi connectivity index (χ1) is 15.0. The van der Waals surface area contributed by atoms with Gasteiger partial charge in [0.1, 0.15) is 11.5 Å². The summed E-state index contributed by atoms with van der Waals surface area (Å²) in [4.78, 5) is 16.8. The molecular weight excluding hydrogens is 392 g/mol. The van der Waals surface area contributed by atoms with Crippen LogP contribution in [0.2, 0.25) is 0 Å². The van der Waals surface area contributed by atoms with Crippen molar-refractivity contribution >= 4 is 22.5 Å². The molecule has 164 valence electrons. The van der Waals surface area contributed by atoms with Crippen LogP contribution in [-0.4, -0.2) is 34.9 Å². The molecule has 1 aliphatic rings. The van der Waals surface area contributed by atoms with E-state index in [1.54, 1.807) is 26.5 Å². The number of ether oxygens (including phenoxy) is 2. The average molecular weight is 423 g/mol. The Labute approximate surface area is 182 Å². The van der Waals surface area contributed by atoms with E-state index in [0.29, 0.717) is 28.8 Å². The number of methoxy groups -OCH3 is 2. The van der Waals surface area contributed by atoms with E-state index in [1.165, 1.54) is 19.0 Å². The summed E-state index contributed by atoms with van der Waals surface area (Å²) < 4.78 is 12.8. The van der Waals surface area contributed by atoms with Gasteiger partial charge in [-0.25, -0.2) is 0 Å². The molecule has 0 saturated heterocycles. The van der Waals surface area contributed by atoms with Gasteiger partial charge in [-0.3, -0.25) is 14.5 Å². The van der Waals surface area contributed by atoms with Crippen molar-refractivity contribution in [2.45, 2.75) is 45.6 Å². The summed E-state index contributed by atoms with van der Waals surface area (Å²) in [6.07, 6.45) is 9.95. The van der Waals surface area contributed by atoms with E-state index >= 15 is 0 Å². The molecule has 2 heterocycles. The van der Waals surface area contributed by atoms with Crippen molar-refractivity contribution in [2.24, 2.45) is 11.8 Å². The molecule has 4 rings (SSSR count). The summed E-state index contributed by atoms with van der Waals surface area (Å²) in [5.41, 5.74) is 1.88. The number of amides is 1. The third-order valence-corrected chi connectivity index (χ3v) is 6.36. The zero-order chi connectivity index (χ0) is 22.0. The fraction of sp³-hybridized carbons (Fsp3) is 0.458. The molecule has 1 N–H and O–H groups in total. The van der Waals surface area contributed by atoms with Gasteiger partial charge in [0.2, 0.25) is 0 Å². The van der Waals surface area contributed by atoms with E-state index < -0.39 is 0 Å². The Balaban J connectivity index is 1.56. The molecule has 2 aromatic heterocycles. The van der Waals surface area contributed by atoms with Crippen molar-refractivity contribution in [1.82, 2.24) is 14.8 Å². The number of carbonyl (C=O) groups excluding carboxylic acids is 1. The molecule has 0 unspecified atom stereocenters. The Bertz CT molecular complexity index is 1070. The standard InChI is InChI=1S/C24H30N4O3/c1-15(2)16-5-7-19(8-6-16)28-14-18-10-22(23(31-4)11-21(18)27-28)26-24(29)17-9-20(30-3)13-25-12-17/h9-16,19H,5-8H2,1-4H3,(H,26,29). The number of carbonyl (C=O) groups is 1. The summed E-state index contributed by atoms with van der Waals surface area (Å²) in [7, 11) is 3.14. The number of benzene rings is 1. The third-order valence-electron chi connectivity index (χ3n) is 6.36. The van der Waals surface area contributed by atoms with Crippen LogP contribution < -0.4 is 14.8 Å². The third kappa shape index (κ3) is 4.50. The summed E-state index contributed by atoms with van der Waals surface area (Å²) >= 11 is 0. The predicted molar refractivity (Wildman–Crippen MR) is 121 cm³/mol. The highest BCUT2D eigenvalue weighted by Crippen LogP contribution is 2.37. The van der Waals surface area contributed by atoms with Crippen molar-refractivity contribution in [2.75, 3.05) is 19.5 Å². The maximum Gasteiger partial charge on any atom is 0.257 e. The maximum atomic E-state index is 12.7. The van der Waals surface area contributed by atoms with Gasteiger partial charge in [-0.15, -0.1) is 0 Å². The molecule has 7 heteroatoms.